The summed E-state index contributed by atoms with van der Waals surface area (Å²) < 4.78 is 15.7. The van der Waals surface area contributed by atoms with Gasteiger partial charge in [0.05, 0.1) is 44.1 Å². The number of nitrogens with zero attached hydrogens (tertiary/aromatic N) is 4. The molecular formula is C110H77BBrN4O2. The molecule has 0 aliphatic heterocycles. The van der Waals surface area contributed by atoms with Gasteiger partial charge in [-0.05, 0) is 218 Å². The molecule has 22 rings (SSSR count). The van der Waals surface area contributed by atoms with Gasteiger partial charge in [-0.1, -0.05) is 325 Å². The van der Waals surface area contributed by atoms with Crippen LogP contribution in [0.15, 0.2) is 441 Å². The number of hydrogen-bond acceptors (Lipinski definition) is 2. The zero-order valence-electron chi connectivity index (χ0n) is 64.6. The zero-order chi connectivity index (χ0) is 78.8. The summed E-state index contributed by atoms with van der Waals surface area (Å²) in [5.74, 6) is 0.599. The van der Waals surface area contributed by atoms with Crippen molar-refractivity contribution in [2.45, 2.75) is 12.8 Å². The summed E-state index contributed by atoms with van der Waals surface area (Å²) in [4.78, 5) is 0. The Morgan fingerprint density at radius 3 is 0.686 bits per heavy atom. The Balaban J connectivity index is 0.000000124. The van der Waals surface area contributed by atoms with Crippen molar-refractivity contribution in [1.82, 2.24) is 18.3 Å². The Kier molecular flexibility index (Phi) is 19.7. The molecule has 0 saturated heterocycles. The molecule has 18 aromatic carbocycles. The van der Waals surface area contributed by atoms with Crippen molar-refractivity contribution in [3.63, 3.8) is 0 Å². The Labute approximate surface area is 694 Å². The summed E-state index contributed by atoms with van der Waals surface area (Å²) in [5, 5.41) is 19.1. The molecular weight excluding hydrogens is 1500 g/mol. The van der Waals surface area contributed by atoms with Crippen molar-refractivity contribution in [1.29, 1.82) is 0 Å². The van der Waals surface area contributed by atoms with E-state index in [1.807, 2.05) is 24.3 Å². The van der Waals surface area contributed by atoms with E-state index in [4.69, 9.17) is 9.68 Å². The Morgan fingerprint density at radius 1 is 0.203 bits per heavy atom. The maximum Gasteiger partial charge on any atom is 0.569 e. The van der Waals surface area contributed by atoms with E-state index < -0.39 is 0 Å². The Morgan fingerprint density at radius 2 is 0.415 bits per heavy atom. The minimum Gasteiger partial charge on any atom is -0.537 e. The van der Waals surface area contributed by atoms with Crippen molar-refractivity contribution in [2.75, 3.05) is 0 Å². The molecule has 0 atom stereocenters. The summed E-state index contributed by atoms with van der Waals surface area (Å²) in [7, 11) is 0.702. The molecule has 1 N–H and O–H groups in total. The van der Waals surface area contributed by atoms with E-state index in [2.05, 4.69) is 447 Å². The molecule has 4 heterocycles. The fourth-order valence-electron chi connectivity index (χ4n) is 17.3. The highest BCUT2D eigenvalue weighted by atomic mass is 79.9. The van der Waals surface area contributed by atoms with Crippen molar-refractivity contribution >= 4 is 111 Å². The van der Waals surface area contributed by atoms with E-state index in [0.29, 0.717) is 13.4 Å². The Bertz CT molecular complexity index is 7250. The minimum atomic E-state index is 0.599. The van der Waals surface area contributed by atoms with Gasteiger partial charge in [0.2, 0.25) is 0 Å². The van der Waals surface area contributed by atoms with Crippen LogP contribution in [0.25, 0.3) is 166 Å². The second kappa shape index (κ2) is 32.0. The summed E-state index contributed by atoms with van der Waals surface area (Å²) >= 11 is 3.51. The molecule has 0 fully saturated rings. The number of fused-ring (bicyclic) bond motifs is 12. The number of halogens is 1. The van der Waals surface area contributed by atoms with Crippen molar-refractivity contribution in [3.05, 3.63) is 464 Å². The van der Waals surface area contributed by atoms with E-state index in [-0.39, 0.29) is 0 Å². The molecule has 0 saturated carbocycles. The van der Waals surface area contributed by atoms with Gasteiger partial charge in [0, 0.05) is 70.3 Å². The van der Waals surface area contributed by atoms with Gasteiger partial charge in [-0.2, -0.15) is 0 Å². The number of rotatable bonds is 15. The fraction of sp³-hybridized carbons (Fsp3) is 0.0182. The van der Waals surface area contributed by atoms with E-state index >= 15 is 0 Å². The molecule has 8 heteroatoms. The zero-order valence-corrected chi connectivity index (χ0v) is 66.2. The van der Waals surface area contributed by atoms with Crippen LogP contribution in [0.2, 0.25) is 0 Å². The summed E-state index contributed by atoms with van der Waals surface area (Å²) in [6.07, 6.45) is 1.83. The monoisotopic (exact) mass is 1580 g/mol. The molecule has 6 nitrogen and oxygen atoms in total. The van der Waals surface area contributed by atoms with Crippen LogP contribution in [0, 0.1) is 0 Å². The molecule has 559 valence electrons. The first-order valence-corrected chi connectivity index (χ1v) is 40.9. The van der Waals surface area contributed by atoms with Gasteiger partial charge in [0.1, 0.15) is 5.75 Å². The SMILES string of the molecule is Brc1ccc(Cc2ccc(-c3cccc(-n4c5ccccc5c5ccccc54)c3)cc2)cc1.O[B]Oc1cccc(-c2cccc(-n3c4ccccc4c4ccccc43)c2)c1.c1cc(-c2ccc(Cc3ccc(-c4cccc(-n5c6ccccc6c6ccccc65)c4)cc3)cc2)cc(-c2cccc(-n3c4ccccc4c4ccccc43)c2)c1. The highest BCUT2D eigenvalue weighted by Gasteiger charge is 2.19. The van der Waals surface area contributed by atoms with Gasteiger partial charge in [0.15, 0.2) is 0 Å². The molecule has 0 amide bonds. The van der Waals surface area contributed by atoms with Crippen molar-refractivity contribution < 1.29 is 9.68 Å². The molecule has 118 heavy (non-hydrogen) atoms. The standard InChI is InChI=1S/C55H38N2.C31H22BrN.C24H17BNO2/c1-5-22-52-48(18-1)49-19-2-6-23-53(49)56(52)46-16-10-14-44(36-46)41-32-28-39(29-33-41)34-38-26-30-40(31-27-38)42-12-9-13-43(35-42)45-15-11-17-47(37-45)57-54-24-7-3-20-50(54)51-21-4-8-25-55(51)57;32-26-18-14-23(15-19-26)20-22-12-16-24(17-13-22)25-6-5-7-27(21-25)33-30-10-3-1-8-28(30)29-9-2-4-11-31(29)33;27-25-28-20-10-6-8-18(16-20)17-7-5-9-19(15-17)26-23-13-3-1-11-21(23)22-12-2-4-14-24(22)26/h1-33,35-37H,34H2;1-19,21H,20H2;1-16,27H. The predicted molar refractivity (Wildman–Crippen MR) is 499 cm³/mol. The summed E-state index contributed by atoms with van der Waals surface area (Å²) in [6.45, 7) is 0. The second-order valence-corrected chi connectivity index (χ2v) is 31.0. The maximum atomic E-state index is 8.90. The van der Waals surface area contributed by atoms with Gasteiger partial charge in [-0.25, -0.2) is 0 Å². The average Bonchev–Trinajstić information content (AvgIpc) is 1.62. The quantitative estimate of drug-likeness (QED) is 0.104. The maximum absolute atomic E-state index is 8.90. The van der Waals surface area contributed by atoms with Gasteiger partial charge in [-0.15, -0.1) is 0 Å². The van der Waals surface area contributed by atoms with Crippen LogP contribution >= 0.6 is 15.9 Å². The highest BCUT2D eigenvalue weighted by molar-refractivity contribution is 9.10. The van der Waals surface area contributed by atoms with Crippen LogP contribution in [-0.2, 0) is 12.8 Å². The van der Waals surface area contributed by atoms with E-state index in [1.54, 1.807) is 0 Å². The molecule has 0 spiro atoms. The molecule has 4 aromatic heterocycles. The molecule has 22 aromatic rings. The lowest BCUT2D eigenvalue weighted by Gasteiger charge is -2.12. The lowest BCUT2D eigenvalue weighted by Crippen LogP contribution is -1.99. The van der Waals surface area contributed by atoms with Crippen molar-refractivity contribution in [3.8, 4) is 84.1 Å². The van der Waals surface area contributed by atoms with Crippen LogP contribution in [0.3, 0.4) is 0 Å². The number of para-hydroxylation sites is 8. The topological polar surface area (TPSA) is 49.2 Å². The average molecular weight is 1580 g/mol. The van der Waals surface area contributed by atoms with Gasteiger partial charge in [0.25, 0.3) is 0 Å². The number of aromatic nitrogens is 4. The smallest absolute Gasteiger partial charge is 0.537 e. The van der Waals surface area contributed by atoms with Crippen LogP contribution in [-0.4, -0.2) is 31.0 Å². The first-order chi connectivity index (χ1) is 58.4. The fourth-order valence-corrected chi connectivity index (χ4v) is 17.6. The molecule has 0 unspecified atom stereocenters. The first kappa shape index (κ1) is 72.4. The number of hydrogen-bond donors (Lipinski definition) is 1. The largest absolute Gasteiger partial charge is 0.569 e. The van der Waals surface area contributed by atoms with Crippen LogP contribution in [0.4, 0.5) is 0 Å². The van der Waals surface area contributed by atoms with Crippen molar-refractivity contribution in [2.24, 2.45) is 0 Å². The van der Waals surface area contributed by atoms with E-state index in [1.165, 1.54) is 171 Å². The third kappa shape index (κ3) is 14.2. The molecule has 1 radical (unpaired) electrons. The van der Waals surface area contributed by atoms with Gasteiger partial charge < -0.3 is 27.9 Å². The minimum absolute atomic E-state index is 0.599. The third-order valence-electron chi connectivity index (χ3n) is 22.9. The van der Waals surface area contributed by atoms with Gasteiger partial charge in [-0.3, -0.25) is 0 Å². The number of benzene rings is 18. The van der Waals surface area contributed by atoms with Crippen LogP contribution in [0.5, 0.6) is 5.75 Å². The second-order valence-electron chi connectivity index (χ2n) is 30.1. The lowest BCUT2D eigenvalue weighted by molar-refractivity contribution is 0.454. The third-order valence-corrected chi connectivity index (χ3v) is 23.4. The van der Waals surface area contributed by atoms with Gasteiger partial charge >= 0.3 is 7.69 Å². The normalized spacial score (nSPS) is 11.4. The summed E-state index contributed by atoms with van der Waals surface area (Å²) in [5.41, 5.74) is 31.5. The molecule has 0 aliphatic rings. The molecule has 0 bridgehead atoms. The predicted octanol–water partition coefficient (Wildman–Crippen LogP) is 28.6. The van der Waals surface area contributed by atoms with Crippen LogP contribution in [0.1, 0.15) is 22.3 Å². The van der Waals surface area contributed by atoms with E-state index in [9.17, 15) is 0 Å². The lowest BCUT2D eigenvalue weighted by atomic mass is 9.96. The van der Waals surface area contributed by atoms with E-state index in [0.717, 1.165) is 34.1 Å². The first-order valence-electron chi connectivity index (χ1n) is 40.1. The van der Waals surface area contributed by atoms with Crippen LogP contribution < -0.4 is 4.65 Å². The molecule has 0 aliphatic carbocycles. The Hall–Kier alpha value is -14.5. The highest BCUT2D eigenvalue weighted by Crippen LogP contribution is 2.40. The summed E-state index contributed by atoms with van der Waals surface area (Å²) in [6, 6.07) is 156.